The smallest absolute Gasteiger partial charge is 0.252 e. The van der Waals surface area contributed by atoms with Crippen LogP contribution in [0.2, 0.25) is 0 Å². The number of hydrogen-bond donors (Lipinski definition) is 1. The van der Waals surface area contributed by atoms with Crippen LogP contribution >= 0.6 is 11.3 Å². The predicted octanol–water partition coefficient (Wildman–Crippen LogP) is 6.59. The van der Waals surface area contributed by atoms with Gasteiger partial charge in [0.05, 0.1) is 16.9 Å². The molecule has 1 N–H and O–H groups in total. The average Bonchev–Trinajstić information content (AvgIpc) is 3.60. The Morgan fingerprint density at radius 3 is 2.65 bits per heavy atom. The summed E-state index contributed by atoms with van der Waals surface area (Å²) in [6.07, 6.45) is 8.10. The second kappa shape index (κ2) is 11.4. The Kier molecular flexibility index (Phi) is 7.54. The average molecular weight is 554 g/mol. The lowest BCUT2D eigenvalue weighted by Crippen LogP contribution is -2.27. The van der Waals surface area contributed by atoms with E-state index in [1.54, 1.807) is 6.07 Å². The second-order valence-electron chi connectivity index (χ2n) is 10.8. The number of ether oxygens (including phenoxy) is 1. The van der Waals surface area contributed by atoms with Crippen molar-refractivity contribution < 1.29 is 4.74 Å². The Morgan fingerprint density at radius 1 is 1.07 bits per heavy atom. The third kappa shape index (κ3) is 5.60. The van der Waals surface area contributed by atoms with Gasteiger partial charge in [0.25, 0.3) is 5.56 Å². The molecule has 4 aromatic heterocycles. The fraction of sp³-hybridized carbons (Fsp3) is 0.344. The number of fused-ring (bicyclic) bond motifs is 1. The highest BCUT2D eigenvalue weighted by Crippen LogP contribution is 2.38. The fourth-order valence-corrected chi connectivity index (χ4v) is 6.77. The van der Waals surface area contributed by atoms with Gasteiger partial charge in [-0.25, -0.2) is 9.97 Å². The topological polar surface area (TPSA) is 74.0 Å². The Labute approximate surface area is 238 Å². The fourth-order valence-electron chi connectivity index (χ4n) is 5.54. The van der Waals surface area contributed by atoms with E-state index < -0.39 is 0 Å². The molecule has 1 atom stereocenters. The number of anilines is 1. The normalized spacial score (nSPS) is 15.0. The molecule has 1 aliphatic heterocycles. The maximum absolute atomic E-state index is 12.9. The van der Waals surface area contributed by atoms with Gasteiger partial charge in [0, 0.05) is 60.7 Å². The standard InChI is InChI=1S/C32H35N5O2S/c1-21-16-29(40-31(21)26-9-5-4-8-25(26)19-36-12-6-7-13-36)22(2)33-32-27-20-37(18-24-10-14-39-15-11-24)30(38)17-28(27)34-23(3)35-32/h4-9,12-13,16-17,20,22,24H,10-11,14-15,18-19H2,1-3H3,(H,33,34,35)/t22-/m1/s1. The number of nitrogens with one attached hydrogen (secondary N) is 1. The minimum atomic E-state index is -0.0202. The molecule has 6 rings (SSSR count). The van der Waals surface area contributed by atoms with E-state index in [0.717, 1.165) is 43.8 Å². The van der Waals surface area contributed by atoms with Gasteiger partial charge in [0.15, 0.2) is 0 Å². The molecule has 0 radical (unpaired) electrons. The van der Waals surface area contributed by atoms with Crippen LogP contribution in [0.3, 0.4) is 0 Å². The first kappa shape index (κ1) is 26.5. The van der Waals surface area contributed by atoms with E-state index in [9.17, 15) is 4.79 Å². The molecule has 0 saturated carbocycles. The van der Waals surface area contributed by atoms with Gasteiger partial charge in [-0.2, -0.15) is 0 Å². The van der Waals surface area contributed by atoms with Gasteiger partial charge in [0.2, 0.25) is 0 Å². The highest BCUT2D eigenvalue weighted by Gasteiger charge is 2.19. The van der Waals surface area contributed by atoms with Gasteiger partial charge >= 0.3 is 0 Å². The first-order valence-electron chi connectivity index (χ1n) is 14.0. The third-order valence-corrected chi connectivity index (χ3v) is 9.16. The molecule has 0 amide bonds. The maximum atomic E-state index is 12.9. The maximum Gasteiger partial charge on any atom is 0.252 e. The Bertz CT molecular complexity index is 1680. The Balaban J connectivity index is 1.29. The third-order valence-electron chi connectivity index (χ3n) is 7.71. The number of rotatable bonds is 8. The van der Waals surface area contributed by atoms with Gasteiger partial charge in [-0.3, -0.25) is 4.79 Å². The van der Waals surface area contributed by atoms with E-state index in [2.05, 4.69) is 83.6 Å². The SMILES string of the molecule is Cc1nc(N[C@H](C)c2cc(C)c(-c3ccccc3Cn3cccc3)s2)c2cn(CC3CCOCC3)c(=O)cc2n1. The lowest BCUT2D eigenvalue weighted by molar-refractivity contribution is 0.0610. The van der Waals surface area contributed by atoms with Crippen LogP contribution < -0.4 is 10.9 Å². The van der Waals surface area contributed by atoms with Crippen molar-refractivity contribution >= 4 is 28.1 Å². The molecule has 0 unspecified atom stereocenters. The second-order valence-corrected chi connectivity index (χ2v) is 11.9. The minimum absolute atomic E-state index is 0.0202. The summed E-state index contributed by atoms with van der Waals surface area (Å²) in [5.74, 6) is 1.85. The van der Waals surface area contributed by atoms with Crippen LogP contribution in [0.25, 0.3) is 21.3 Å². The zero-order valence-electron chi connectivity index (χ0n) is 23.3. The largest absolute Gasteiger partial charge is 0.381 e. The van der Waals surface area contributed by atoms with Gasteiger partial charge in [-0.1, -0.05) is 24.3 Å². The number of aryl methyl sites for hydroxylation is 2. The molecular weight excluding hydrogens is 518 g/mol. The summed E-state index contributed by atoms with van der Waals surface area (Å²) in [5, 5.41) is 4.53. The molecule has 0 bridgehead atoms. The number of benzene rings is 1. The van der Waals surface area contributed by atoms with Crippen LogP contribution in [0.5, 0.6) is 0 Å². The van der Waals surface area contributed by atoms with Crippen molar-refractivity contribution in [3.63, 3.8) is 0 Å². The number of thiophene rings is 1. The number of hydrogen-bond acceptors (Lipinski definition) is 6. The van der Waals surface area contributed by atoms with Crippen molar-refractivity contribution in [3.05, 3.63) is 99.3 Å². The van der Waals surface area contributed by atoms with Crippen LogP contribution in [0.15, 0.2) is 71.9 Å². The van der Waals surface area contributed by atoms with Gasteiger partial charge in [-0.05, 0) is 74.4 Å². The van der Waals surface area contributed by atoms with E-state index >= 15 is 0 Å². The van der Waals surface area contributed by atoms with Crippen LogP contribution in [0, 0.1) is 19.8 Å². The monoisotopic (exact) mass is 553 g/mol. The van der Waals surface area contributed by atoms with Crippen molar-refractivity contribution in [1.82, 2.24) is 19.1 Å². The van der Waals surface area contributed by atoms with Gasteiger partial charge < -0.3 is 19.2 Å². The van der Waals surface area contributed by atoms with Crippen molar-refractivity contribution in [1.29, 1.82) is 0 Å². The summed E-state index contributed by atoms with van der Waals surface area (Å²) in [4.78, 5) is 24.8. The summed E-state index contributed by atoms with van der Waals surface area (Å²) < 4.78 is 9.53. The van der Waals surface area contributed by atoms with Crippen LogP contribution in [0.4, 0.5) is 5.82 Å². The molecule has 206 valence electrons. The zero-order valence-corrected chi connectivity index (χ0v) is 24.1. The van der Waals surface area contributed by atoms with Crippen molar-refractivity contribution in [2.75, 3.05) is 18.5 Å². The van der Waals surface area contributed by atoms with E-state index in [1.165, 1.54) is 26.4 Å². The summed E-state index contributed by atoms with van der Waals surface area (Å²) in [5.41, 5.74) is 4.50. The minimum Gasteiger partial charge on any atom is -0.381 e. The van der Waals surface area contributed by atoms with E-state index in [0.29, 0.717) is 23.8 Å². The predicted molar refractivity (Wildman–Crippen MR) is 162 cm³/mol. The molecule has 1 aliphatic rings. The molecule has 5 heterocycles. The van der Waals surface area contributed by atoms with E-state index in [4.69, 9.17) is 9.72 Å². The Morgan fingerprint density at radius 2 is 1.85 bits per heavy atom. The van der Waals surface area contributed by atoms with Crippen molar-refractivity contribution in [2.24, 2.45) is 5.92 Å². The molecular formula is C32H35N5O2S. The van der Waals surface area contributed by atoms with Crippen molar-refractivity contribution in [3.8, 4) is 10.4 Å². The van der Waals surface area contributed by atoms with Crippen LogP contribution in [-0.2, 0) is 17.8 Å². The molecule has 5 aromatic rings. The molecule has 0 aliphatic carbocycles. The highest BCUT2D eigenvalue weighted by atomic mass is 32.1. The molecule has 8 heteroatoms. The lowest BCUT2D eigenvalue weighted by atomic mass is 10.0. The number of pyridine rings is 1. The number of aromatic nitrogens is 4. The molecule has 40 heavy (non-hydrogen) atoms. The Hall–Kier alpha value is -3.75. The lowest BCUT2D eigenvalue weighted by Gasteiger charge is -2.23. The molecule has 1 saturated heterocycles. The zero-order chi connectivity index (χ0) is 27.6. The van der Waals surface area contributed by atoms with Gasteiger partial charge in [-0.15, -0.1) is 11.3 Å². The molecule has 0 spiro atoms. The van der Waals surface area contributed by atoms with Crippen molar-refractivity contribution in [2.45, 2.75) is 52.7 Å². The first-order chi connectivity index (χ1) is 19.4. The summed E-state index contributed by atoms with van der Waals surface area (Å²) in [7, 11) is 0. The molecule has 1 aromatic carbocycles. The van der Waals surface area contributed by atoms with Crippen LogP contribution in [-0.4, -0.2) is 32.3 Å². The molecule has 1 fully saturated rings. The van der Waals surface area contributed by atoms with Crippen LogP contribution in [0.1, 0.15) is 47.6 Å². The first-order valence-corrected chi connectivity index (χ1v) is 14.8. The quantitative estimate of drug-likeness (QED) is 0.235. The summed E-state index contributed by atoms with van der Waals surface area (Å²) >= 11 is 1.82. The van der Waals surface area contributed by atoms with Gasteiger partial charge in [0.1, 0.15) is 11.6 Å². The summed E-state index contributed by atoms with van der Waals surface area (Å²) in [6.45, 7) is 9.29. The highest BCUT2D eigenvalue weighted by molar-refractivity contribution is 7.15. The van der Waals surface area contributed by atoms with E-state index in [1.807, 2.05) is 29.0 Å². The van der Waals surface area contributed by atoms with E-state index in [-0.39, 0.29) is 11.6 Å². The number of nitrogens with zero attached hydrogens (tertiary/aromatic N) is 4. The summed E-state index contributed by atoms with van der Waals surface area (Å²) in [6, 6.07) is 16.7. The molecule has 7 nitrogen and oxygen atoms in total.